The number of anilines is 1. The third-order valence-corrected chi connectivity index (χ3v) is 8.87. The predicted molar refractivity (Wildman–Crippen MR) is 145 cm³/mol. The SMILES string of the molecule is COC(=O)c1cnc(N2[C@@H]3CC[C@H]2C[C@@H](OCc2c(-c4ccccc4OC(F)(F)F)noc2C2CC2)C3)c(C2CC2)c1. The van der Waals surface area contributed by atoms with E-state index in [1.54, 1.807) is 18.3 Å². The molecular weight excluding hydrogens is 551 g/mol. The number of nitrogens with zero attached hydrogens (tertiary/aromatic N) is 3. The maximum absolute atomic E-state index is 13.1. The Morgan fingerprint density at radius 3 is 2.43 bits per heavy atom. The second-order valence-electron chi connectivity index (χ2n) is 11.8. The monoisotopic (exact) mass is 583 g/mol. The van der Waals surface area contributed by atoms with E-state index in [0.717, 1.165) is 62.7 Å². The number of para-hydroxylation sites is 1. The molecule has 2 aliphatic heterocycles. The number of pyridine rings is 1. The minimum atomic E-state index is -4.82. The highest BCUT2D eigenvalue weighted by Crippen LogP contribution is 2.49. The summed E-state index contributed by atoms with van der Waals surface area (Å²) in [4.78, 5) is 19.4. The largest absolute Gasteiger partial charge is 0.573 e. The van der Waals surface area contributed by atoms with Gasteiger partial charge in [0.05, 0.1) is 25.4 Å². The summed E-state index contributed by atoms with van der Waals surface area (Å²) in [6.07, 6.45) is 4.56. The van der Waals surface area contributed by atoms with E-state index in [2.05, 4.69) is 14.8 Å². The number of rotatable bonds is 9. The van der Waals surface area contributed by atoms with E-state index >= 15 is 0 Å². The Labute approximate surface area is 241 Å². The topological polar surface area (TPSA) is 86.9 Å². The Hall–Kier alpha value is -3.60. The quantitative estimate of drug-likeness (QED) is 0.252. The molecule has 2 aliphatic carbocycles. The first-order valence-corrected chi connectivity index (χ1v) is 14.6. The van der Waals surface area contributed by atoms with Crippen LogP contribution in [0.1, 0.15) is 90.4 Å². The van der Waals surface area contributed by atoms with Crippen LogP contribution < -0.4 is 9.64 Å². The lowest BCUT2D eigenvalue weighted by Crippen LogP contribution is -2.46. The molecule has 4 fully saturated rings. The van der Waals surface area contributed by atoms with Crippen molar-refractivity contribution < 1.29 is 36.7 Å². The molecule has 11 heteroatoms. The molecule has 2 saturated carbocycles. The number of piperidine rings is 1. The van der Waals surface area contributed by atoms with Gasteiger partial charge in [-0.3, -0.25) is 0 Å². The lowest BCUT2D eigenvalue weighted by atomic mass is 9.97. The normalized spacial score (nSPS) is 23.7. The summed E-state index contributed by atoms with van der Waals surface area (Å²) in [7, 11) is 1.38. The number of aromatic nitrogens is 2. The minimum Gasteiger partial charge on any atom is -0.465 e. The Morgan fingerprint density at radius 1 is 1.05 bits per heavy atom. The maximum atomic E-state index is 13.1. The van der Waals surface area contributed by atoms with Crippen LogP contribution in [0.2, 0.25) is 0 Å². The van der Waals surface area contributed by atoms with E-state index in [9.17, 15) is 18.0 Å². The number of alkyl halides is 3. The van der Waals surface area contributed by atoms with Crippen molar-refractivity contribution in [1.82, 2.24) is 10.1 Å². The highest BCUT2D eigenvalue weighted by molar-refractivity contribution is 5.89. The molecule has 1 aromatic carbocycles. The van der Waals surface area contributed by atoms with Crippen LogP contribution in [0.25, 0.3) is 11.3 Å². The van der Waals surface area contributed by atoms with E-state index in [4.69, 9.17) is 19.0 Å². The molecule has 7 rings (SSSR count). The number of benzene rings is 1. The zero-order chi connectivity index (χ0) is 29.0. The van der Waals surface area contributed by atoms with Gasteiger partial charge in [0.1, 0.15) is 23.0 Å². The van der Waals surface area contributed by atoms with Gasteiger partial charge in [0, 0.05) is 35.3 Å². The summed E-state index contributed by atoms with van der Waals surface area (Å²) in [6.45, 7) is 0.203. The third-order valence-electron chi connectivity index (χ3n) is 8.87. The smallest absolute Gasteiger partial charge is 0.465 e. The lowest BCUT2D eigenvalue weighted by molar-refractivity contribution is -0.274. The van der Waals surface area contributed by atoms with E-state index in [-0.39, 0.29) is 48.0 Å². The molecule has 0 unspecified atom stereocenters. The van der Waals surface area contributed by atoms with Crippen LogP contribution >= 0.6 is 0 Å². The van der Waals surface area contributed by atoms with Crippen molar-refractivity contribution in [3.63, 3.8) is 0 Å². The van der Waals surface area contributed by atoms with Crippen molar-refractivity contribution in [3.8, 4) is 17.0 Å². The second kappa shape index (κ2) is 10.6. The summed E-state index contributed by atoms with van der Waals surface area (Å²) in [5.41, 5.74) is 2.86. The van der Waals surface area contributed by atoms with Crippen LogP contribution in [0, 0.1) is 0 Å². The fraction of sp³-hybridized carbons (Fsp3) is 0.516. The molecule has 0 N–H and O–H groups in total. The van der Waals surface area contributed by atoms with Crippen LogP contribution in [0.15, 0.2) is 41.1 Å². The van der Waals surface area contributed by atoms with Crippen molar-refractivity contribution in [3.05, 3.63) is 59.0 Å². The van der Waals surface area contributed by atoms with Crippen molar-refractivity contribution in [2.75, 3.05) is 12.0 Å². The first-order valence-electron chi connectivity index (χ1n) is 14.6. The number of esters is 1. The van der Waals surface area contributed by atoms with Crippen LogP contribution in [0.5, 0.6) is 5.75 Å². The van der Waals surface area contributed by atoms with Crippen LogP contribution in [0.4, 0.5) is 19.0 Å². The number of carbonyl (C=O) groups is 1. The Bertz CT molecular complexity index is 1470. The number of methoxy groups -OCH3 is 1. The molecule has 4 heterocycles. The summed E-state index contributed by atoms with van der Waals surface area (Å²) >= 11 is 0. The van der Waals surface area contributed by atoms with Gasteiger partial charge in [-0.2, -0.15) is 0 Å². The molecule has 2 saturated heterocycles. The van der Waals surface area contributed by atoms with Gasteiger partial charge in [0.25, 0.3) is 0 Å². The summed E-state index contributed by atoms with van der Waals surface area (Å²) < 4.78 is 60.8. The number of hydrogen-bond donors (Lipinski definition) is 0. The number of carbonyl (C=O) groups excluding carboxylic acids is 1. The molecule has 0 spiro atoms. The van der Waals surface area contributed by atoms with Gasteiger partial charge in [0.15, 0.2) is 0 Å². The number of ether oxygens (including phenoxy) is 3. The molecule has 0 radical (unpaired) electrons. The minimum absolute atomic E-state index is 0.0195. The molecule has 4 aliphatic rings. The second-order valence-corrected chi connectivity index (χ2v) is 11.8. The average Bonchev–Trinajstić information content (AvgIpc) is 3.91. The van der Waals surface area contributed by atoms with Crippen molar-refractivity contribution >= 4 is 11.8 Å². The molecule has 0 amide bonds. The number of fused-ring (bicyclic) bond motifs is 2. The van der Waals surface area contributed by atoms with Gasteiger partial charge in [0.2, 0.25) is 0 Å². The standard InChI is InChI=1S/C31H32F3N3O5/c1-39-30(38)19-12-24(17-6-7-17)29(35-15-19)37-20-10-11-21(37)14-22(13-20)40-16-25-27(36-42-28(25)18-8-9-18)23-4-2-3-5-26(23)41-31(32,33)34/h2-5,12,15,17-18,20-22H,6-11,13-14,16H2,1H3/t20-,21+,22+. The Morgan fingerprint density at radius 2 is 1.76 bits per heavy atom. The van der Waals surface area contributed by atoms with Gasteiger partial charge in [-0.15, -0.1) is 13.2 Å². The molecule has 42 heavy (non-hydrogen) atoms. The lowest BCUT2D eigenvalue weighted by Gasteiger charge is -2.40. The first-order chi connectivity index (χ1) is 20.3. The molecular formula is C31H32F3N3O5. The first kappa shape index (κ1) is 27.2. The van der Waals surface area contributed by atoms with Gasteiger partial charge in [-0.1, -0.05) is 17.3 Å². The zero-order valence-corrected chi connectivity index (χ0v) is 23.2. The van der Waals surface area contributed by atoms with E-state index in [1.165, 1.54) is 19.2 Å². The van der Waals surface area contributed by atoms with Gasteiger partial charge >= 0.3 is 12.3 Å². The maximum Gasteiger partial charge on any atom is 0.573 e. The fourth-order valence-electron chi connectivity index (χ4n) is 6.64. The van der Waals surface area contributed by atoms with Crippen LogP contribution in [0.3, 0.4) is 0 Å². The van der Waals surface area contributed by atoms with E-state index in [1.807, 2.05) is 6.07 Å². The zero-order valence-electron chi connectivity index (χ0n) is 23.2. The average molecular weight is 584 g/mol. The van der Waals surface area contributed by atoms with Crippen LogP contribution in [-0.2, 0) is 16.1 Å². The van der Waals surface area contributed by atoms with E-state index < -0.39 is 6.36 Å². The van der Waals surface area contributed by atoms with Gasteiger partial charge in [-0.05, 0) is 81.0 Å². The van der Waals surface area contributed by atoms with Gasteiger partial charge < -0.3 is 23.6 Å². The number of hydrogen-bond acceptors (Lipinski definition) is 8. The predicted octanol–water partition coefficient (Wildman–Crippen LogP) is 6.89. The summed E-state index contributed by atoms with van der Waals surface area (Å²) in [5.74, 6) is 1.59. The molecule has 2 aromatic heterocycles. The third kappa shape index (κ3) is 5.34. The van der Waals surface area contributed by atoms with Crippen molar-refractivity contribution in [1.29, 1.82) is 0 Å². The molecule has 3 atom stereocenters. The molecule has 3 aromatic rings. The van der Waals surface area contributed by atoms with Crippen molar-refractivity contribution in [2.24, 2.45) is 0 Å². The molecule has 222 valence electrons. The number of halogens is 3. The van der Waals surface area contributed by atoms with Crippen molar-refractivity contribution in [2.45, 2.75) is 94.4 Å². The summed E-state index contributed by atoms with van der Waals surface area (Å²) in [6, 6.07) is 8.47. The van der Waals surface area contributed by atoms with Crippen LogP contribution in [-0.4, -0.2) is 47.8 Å². The highest BCUT2D eigenvalue weighted by atomic mass is 19.4. The fourth-order valence-corrected chi connectivity index (χ4v) is 6.64. The Kier molecular flexibility index (Phi) is 6.87. The summed E-state index contributed by atoms with van der Waals surface area (Å²) in [5, 5.41) is 4.20. The van der Waals surface area contributed by atoms with Gasteiger partial charge in [-0.25, -0.2) is 9.78 Å². The molecule has 8 nitrogen and oxygen atoms in total. The Balaban J connectivity index is 1.10. The highest BCUT2D eigenvalue weighted by Gasteiger charge is 2.44. The van der Waals surface area contributed by atoms with E-state index in [0.29, 0.717) is 28.5 Å². The molecule has 2 bridgehead atoms.